The van der Waals surface area contributed by atoms with Crippen molar-refractivity contribution in [2.24, 2.45) is 0 Å². The van der Waals surface area contributed by atoms with Crippen molar-refractivity contribution in [3.63, 3.8) is 0 Å². The third-order valence-electron chi connectivity index (χ3n) is 4.21. The van der Waals surface area contributed by atoms with Crippen LogP contribution in [0.1, 0.15) is 16.8 Å². The quantitative estimate of drug-likeness (QED) is 0.475. The van der Waals surface area contributed by atoms with Gasteiger partial charge in [0.25, 0.3) is 0 Å². The van der Waals surface area contributed by atoms with Crippen molar-refractivity contribution in [1.29, 1.82) is 5.26 Å². The Morgan fingerprint density at radius 2 is 1.79 bits per heavy atom. The molecular weight excluding hydrogens is 320 g/mol. The maximum Gasteiger partial charge on any atom is 0.178 e. The van der Waals surface area contributed by atoms with Gasteiger partial charge in [-0.1, -0.05) is 41.9 Å². The van der Waals surface area contributed by atoms with E-state index in [4.69, 9.17) is 11.6 Å². The van der Waals surface area contributed by atoms with Crippen LogP contribution in [0.5, 0.6) is 0 Å². The predicted octanol–water partition coefficient (Wildman–Crippen LogP) is 4.69. The van der Waals surface area contributed by atoms with E-state index in [1.54, 1.807) is 0 Å². The highest BCUT2D eigenvalue weighted by molar-refractivity contribution is 6.33. The van der Waals surface area contributed by atoms with Crippen LogP contribution < -0.4 is 0 Å². The first-order chi connectivity index (χ1) is 11.6. The fraction of sp³-hybridized carbons (Fsp3) is 0.105. The van der Waals surface area contributed by atoms with Crippen LogP contribution in [0.25, 0.3) is 27.9 Å². The van der Waals surface area contributed by atoms with Crippen molar-refractivity contribution in [1.82, 2.24) is 14.4 Å². The molecule has 116 valence electrons. The van der Waals surface area contributed by atoms with Crippen molar-refractivity contribution >= 4 is 28.4 Å². The number of halogens is 1. The van der Waals surface area contributed by atoms with E-state index in [-0.39, 0.29) is 0 Å². The zero-order chi connectivity index (χ0) is 16.8. The number of nitriles is 1. The summed E-state index contributed by atoms with van der Waals surface area (Å²) < 4.78 is 1.82. The second-order valence-electron chi connectivity index (χ2n) is 5.71. The van der Waals surface area contributed by atoms with E-state index in [0.717, 1.165) is 27.9 Å². The molecule has 5 heteroatoms. The second kappa shape index (κ2) is 5.33. The van der Waals surface area contributed by atoms with E-state index in [1.807, 2.05) is 60.7 Å². The molecule has 0 amide bonds. The minimum absolute atomic E-state index is 0.522. The Balaban J connectivity index is 2.23. The molecule has 4 rings (SSSR count). The summed E-state index contributed by atoms with van der Waals surface area (Å²) in [6.45, 7) is 3.82. The van der Waals surface area contributed by atoms with Crippen LogP contribution in [0.15, 0.2) is 42.5 Å². The zero-order valence-electron chi connectivity index (χ0n) is 13.2. The number of aryl methyl sites for hydroxylation is 1. The van der Waals surface area contributed by atoms with Gasteiger partial charge in [0.2, 0.25) is 0 Å². The van der Waals surface area contributed by atoms with Gasteiger partial charge in [-0.05, 0) is 37.1 Å². The minimum atomic E-state index is 0.522. The molecule has 0 aliphatic rings. The third kappa shape index (κ3) is 1.99. The van der Waals surface area contributed by atoms with Crippen LogP contribution in [-0.2, 0) is 0 Å². The first-order valence-electron chi connectivity index (χ1n) is 7.55. The summed E-state index contributed by atoms with van der Waals surface area (Å²) in [7, 11) is 0. The molecular formula is C19H13ClN4. The van der Waals surface area contributed by atoms with Crippen molar-refractivity contribution in [2.45, 2.75) is 13.8 Å². The number of hydrogen-bond acceptors (Lipinski definition) is 3. The lowest BCUT2D eigenvalue weighted by Crippen LogP contribution is -1.99. The molecule has 24 heavy (non-hydrogen) atoms. The molecule has 0 bridgehead atoms. The molecule has 0 radical (unpaired) electrons. The first-order valence-corrected chi connectivity index (χ1v) is 7.93. The normalized spacial score (nSPS) is 11.1. The Bertz CT molecular complexity index is 1140. The van der Waals surface area contributed by atoms with E-state index in [9.17, 15) is 5.26 Å². The van der Waals surface area contributed by atoms with Gasteiger partial charge in [-0.25, -0.2) is 9.97 Å². The second-order valence-corrected chi connectivity index (χ2v) is 6.07. The smallest absolute Gasteiger partial charge is 0.178 e. The minimum Gasteiger partial charge on any atom is -0.279 e. The third-order valence-corrected chi connectivity index (χ3v) is 4.57. The molecule has 0 N–H and O–H groups in total. The number of nitrogens with zero attached hydrogens (tertiary/aromatic N) is 4. The molecule has 0 aliphatic heterocycles. The van der Waals surface area contributed by atoms with E-state index >= 15 is 0 Å². The molecule has 0 unspecified atom stereocenters. The van der Waals surface area contributed by atoms with Crippen LogP contribution in [0.4, 0.5) is 0 Å². The predicted molar refractivity (Wildman–Crippen MR) is 95.1 cm³/mol. The van der Waals surface area contributed by atoms with Gasteiger partial charge in [-0.2, -0.15) is 5.26 Å². The number of hydrogen-bond donors (Lipinski definition) is 0. The Morgan fingerprint density at radius 3 is 2.50 bits per heavy atom. The number of fused-ring (bicyclic) bond motifs is 3. The van der Waals surface area contributed by atoms with Crippen LogP contribution in [0.3, 0.4) is 0 Å². The average molecular weight is 333 g/mol. The summed E-state index contributed by atoms with van der Waals surface area (Å²) in [5.74, 6) is 0. The Kier molecular flexibility index (Phi) is 3.26. The lowest BCUT2D eigenvalue weighted by atomic mass is 9.99. The highest BCUT2D eigenvalue weighted by atomic mass is 35.5. The van der Waals surface area contributed by atoms with Gasteiger partial charge in [0.15, 0.2) is 11.3 Å². The largest absolute Gasteiger partial charge is 0.279 e. The van der Waals surface area contributed by atoms with Gasteiger partial charge in [-0.3, -0.25) is 4.40 Å². The average Bonchev–Trinajstić information content (AvgIpc) is 2.94. The van der Waals surface area contributed by atoms with Crippen LogP contribution >= 0.6 is 11.6 Å². The van der Waals surface area contributed by atoms with Crippen LogP contribution in [0, 0.1) is 25.2 Å². The molecule has 0 saturated heterocycles. The summed E-state index contributed by atoms with van der Waals surface area (Å²) >= 11 is 6.76. The molecule has 1 aromatic carbocycles. The Labute approximate surface area is 144 Å². The topological polar surface area (TPSA) is 54.0 Å². The van der Waals surface area contributed by atoms with Gasteiger partial charge in [0.05, 0.1) is 11.1 Å². The number of imidazole rings is 1. The molecule has 4 nitrogen and oxygen atoms in total. The number of benzene rings is 1. The van der Waals surface area contributed by atoms with Gasteiger partial charge >= 0.3 is 0 Å². The summed E-state index contributed by atoms with van der Waals surface area (Å²) in [6, 6.07) is 16.0. The Hall–Kier alpha value is -2.90. The van der Waals surface area contributed by atoms with Gasteiger partial charge in [-0.15, -0.1) is 0 Å². The van der Waals surface area contributed by atoms with Gasteiger partial charge in [0.1, 0.15) is 11.2 Å². The Morgan fingerprint density at radius 1 is 1.04 bits per heavy atom. The summed E-state index contributed by atoms with van der Waals surface area (Å²) in [4.78, 5) is 9.01. The van der Waals surface area contributed by atoms with Crippen LogP contribution in [0.2, 0.25) is 5.15 Å². The van der Waals surface area contributed by atoms with E-state index < -0.39 is 0 Å². The lowest BCUT2D eigenvalue weighted by molar-refractivity contribution is 1.19. The molecule has 4 aromatic rings. The molecule has 3 aromatic heterocycles. The van der Waals surface area contributed by atoms with E-state index in [0.29, 0.717) is 22.0 Å². The summed E-state index contributed by atoms with van der Waals surface area (Å²) in [5, 5.41) is 10.2. The van der Waals surface area contributed by atoms with Crippen molar-refractivity contribution in [3.8, 4) is 17.2 Å². The maximum atomic E-state index is 9.69. The van der Waals surface area contributed by atoms with Crippen molar-refractivity contribution in [2.75, 3.05) is 0 Å². The van der Waals surface area contributed by atoms with E-state index in [2.05, 4.69) is 16.0 Å². The fourth-order valence-electron chi connectivity index (χ4n) is 3.06. The van der Waals surface area contributed by atoms with Gasteiger partial charge in [0, 0.05) is 11.3 Å². The number of rotatable bonds is 1. The summed E-state index contributed by atoms with van der Waals surface area (Å²) in [5.41, 5.74) is 5.99. The van der Waals surface area contributed by atoms with Crippen molar-refractivity contribution in [3.05, 3.63) is 64.4 Å². The molecule has 0 fully saturated rings. The fourth-order valence-corrected chi connectivity index (χ4v) is 3.48. The zero-order valence-corrected chi connectivity index (χ0v) is 14.0. The van der Waals surface area contributed by atoms with Crippen molar-refractivity contribution < 1.29 is 0 Å². The summed E-state index contributed by atoms with van der Waals surface area (Å²) in [6.07, 6.45) is 0. The molecule has 0 aliphatic carbocycles. The first kappa shape index (κ1) is 14.7. The molecule has 0 atom stereocenters. The highest BCUT2D eigenvalue weighted by Crippen LogP contribution is 2.36. The maximum absolute atomic E-state index is 9.69. The van der Waals surface area contributed by atoms with E-state index in [1.165, 1.54) is 0 Å². The SMILES string of the molecule is Cc1ccc2c(n1)nc1c(C#N)c(C)c(-c3ccccc3)c(Cl)n12. The molecule has 0 saturated carbocycles. The van der Waals surface area contributed by atoms with Crippen LogP contribution in [-0.4, -0.2) is 14.4 Å². The lowest BCUT2D eigenvalue weighted by Gasteiger charge is -2.13. The van der Waals surface area contributed by atoms with Gasteiger partial charge < -0.3 is 0 Å². The highest BCUT2D eigenvalue weighted by Gasteiger charge is 2.20. The number of aromatic nitrogens is 3. The standard InChI is InChI=1S/C19H13ClN4/c1-11-8-9-15-18(22-11)23-19-14(10-21)12(2)16(17(20)24(15)19)13-6-4-3-5-7-13/h3-9H,1-2H3. The monoisotopic (exact) mass is 332 g/mol. The number of pyridine rings is 2. The molecule has 0 spiro atoms. The molecule has 3 heterocycles.